The number of carbonyl (C=O) groups excluding carboxylic acids is 1. The minimum absolute atomic E-state index is 0.0862. The lowest BCUT2D eigenvalue weighted by atomic mass is 10.2. The molecule has 0 spiro atoms. The predicted molar refractivity (Wildman–Crippen MR) is 73.3 cm³/mol. The van der Waals surface area contributed by atoms with Gasteiger partial charge in [0, 0.05) is 6.54 Å². The molecular weight excluding hydrogens is 362 g/mol. The van der Waals surface area contributed by atoms with Gasteiger partial charge in [0.25, 0.3) is 0 Å². The maximum absolute atomic E-state index is 11.9. The highest BCUT2D eigenvalue weighted by Crippen LogP contribution is 2.18. The topological polar surface area (TPSA) is 107 Å². The first-order valence-electron chi connectivity index (χ1n) is 5.59. The fourth-order valence-corrected chi connectivity index (χ4v) is 5.54. The van der Waals surface area contributed by atoms with Gasteiger partial charge in [0.05, 0.1) is 23.9 Å². The summed E-state index contributed by atoms with van der Waals surface area (Å²) in [4.78, 5) is 10.3. The van der Waals surface area contributed by atoms with E-state index in [9.17, 15) is 21.6 Å². The monoisotopic (exact) mass is 377 g/mol. The van der Waals surface area contributed by atoms with Crippen molar-refractivity contribution < 1.29 is 26.4 Å². The van der Waals surface area contributed by atoms with Gasteiger partial charge in [0.2, 0.25) is 10.0 Å². The SMILES string of the molecule is COC(=O)C(Br)CNS(=O)(=O)C1CCS(=O)(=O)CC1. The fourth-order valence-electron chi connectivity index (χ4n) is 1.70. The van der Waals surface area contributed by atoms with Crippen molar-refractivity contribution in [3.05, 3.63) is 0 Å². The smallest absolute Gasteiger partial charge is 0.320 e. The normalized spacial score (nSPS) is 21.8. The first kappa shape index (κ1) is 16.9. The van der Waals surface area contributed by atoms with Gasteiger partial charge in [0.1, 0.15) is 14.7 Å². The van der Waals surface area contributed by atoms with Gasteiger partial charge >= 0.3 is 5.97 Å². The lowest BCUT2D eigenvalue weighted by Crippen LogP contribution is -2.42. The molecule has 1 rings (SSSR count). The average molecular weight is 378 g/mol. The molecule has 0 aromatic carbocycles. The van der Waals surface area contributed by atoms with Crippen LogP contribution in [0.2, 0.25) is 0 Å². The molecule has 1 heterocycles. The second-order valence-corrected chi connectivity index (χ2v) is 9.69. The quantitative estimate of drug-likeness (QED) is 0.507. The molecule has 0 aromatic heterocycles. The average Bonchev–Trinajstić information content (AvgIpc) is 2.34. The van der Waals surface area contributed by atoms with Crippen molar-refractivity contribution in [2.24, 2.45) is 0 Å². The number of sulfonamides is 1. The number of carbonyl (C=O) groups is 1. The number of halogens is 1. The van der Waals surface area contributed by atoms with Gasteiger partial charge < -0.3 is 4.74 Å². The molecule has 7 nitrogen and oxygen atoms in total. The molecule has 0 bridgehead atoms. The summed E-state index contributed by atoms with van der Waals surface area (Å²) in [6.07, 6.45) is 0.172. The summed E-state index contributed by atoms with van der Waals surface area (Å²) in [7, 11) is -5.52. The number of nitrogens with one attached hydrogen (secondary N) is 1. The molecule has 1 atom stereocenters. The summed E-state index contributed by atoms with van der Waals surface area (Å²) >= 11 is 3.00. The zero-order chi connectivity index (χ0) is 14.7. The Morgan fingerprint density at radius 3 is 2.42 bits per heavy atom. The predicted octanol–water partition coefficient (Wildman–Crippen LogP) is -0.580. The zero-order valence-corrected chi connectivity index (χ0v) is 13.6. The number of esters is 1. The first-order valence-corrected chi connectivity index (χ1v) is 9.87. The Kier molecular flexibility index (Phi) is 5.78. The van der Waals surface area contributed by atoms with Crippen molar-refractivity contribution in [3.63, 3.8) is 0 Å². The number of sulfone groups is 1. The number of ether oxygens (including phenoxy) is 1. The molecule has 10 heteroatoms. The zero-order valence-electron chi connectivity index (χ0n) is 10.3. The molecule has 0 aromatic rings. The molecule has 0 aliphatic carbocycles. The van der Waals surface area contributed by atoms with E-state index < -0.39 is 35.9 Å². The van der Waals surface area contributed by atoms with Crippen LogP contribution in [0.3, 0.4) is 0 Å². The highest BCUT2D eigenvalue weighted by atomic mass is 79.9. The standard InChI is InChI=1S/C9H16BrNO6S2/c1-17-9(12)8(10)6-11-19(15,16)7-2-4-18(13,14)5-3-7/h7-8,11H,2-6H2,1H3. The first-order chi connectivity index (χ1) is 8.68. The van der Waals surface area contributed by atoms with Gasteiger partial charge in [-0.25, -0.2) is 21.6 Å². The largest absolute Gasteiger partial charge is 0.468 e. The summed E-state index contributed by atoms with van der Waals surface area (Å²) < 4.78 is 53.1. The molecule has 1 unspecified atom stereocenters. The van der Waals surface area contributed by atoms with Gasteiger partial charge in [0.15, 0.2) is 0 Å². The van der Waals surface area contributed by atoms with Crippen molar-refractivity contribution in [3.8, 4) is 0 Å². The number of alkyl halides is 1. The van der Waals surface area contributed by atoms with Crippen molar-refractivity contribution in [1.82, 2.24) is 4.72 Å². The summed E-state index contributed by atoms with van der Waals surface area (Å²) in [6.45, 7) is -0.127. The minimum atomic E-state index is -3.62. The van der Waals surface area contributed by atoms with Crippen LogP contribution in [-0.4, -0.2) is 58.0 Å². The van der Waals surface area contributed by atoms with Crippen LogP contribution in [0.4, 0.5) is 0 Å². The Hall–Kier alpha value is -0.190. The van der Waals surface area contributed by atoms with Crippen molar-refractivity contribution in [1.29, 1.82) is 0 Å². The van der Waals surface area contributed by atoms with Crippen LogP contribution in [0, 0.1) is 0 Å². The Labute approximate surface area is 121 Å². The van der Waals surface area contributed by atoms with Crippen LogP contribution in [0.25, 0.3) is 0 Å². The van der Waals surface area contributed by atoms with Crippen molar-refractivity contribution in [2.75, 3.05) is 25.2 Å². The Bertz CT molecular complexity index is 515. The van der Waals surface area contributed by atoms with Crippen LogP contribution in [0.1, 0.15) is 12.8 Å². The Morgan fingerprint density at radius 1 is 1.42 bits per heavy atom. The molecule has 1 saturated heterocycles. The van der Waals surface area contributed by atoms with Gasteiger partial charge in [-0.05, 0) is 12.8 Å². The summed E-state index contributed by atoms with van der Waals surface area (Å²) in [5.41, 5.74) is 0. The summed E-state index contributed by atoms with van der Waals surface area (Å²) in [6, 6.07) is 0. The van der Waals surface area contributed by atoms with E-state index in [0.29, 0.717) is 0 Å². The molecule has 19 heavy (non-hydrogen) atoms. The molecular formula is C9H16BrNO6S2. The molecule has 1 aliphatic heterocycles. The van der Waals surface area contributed by atoms with E-state index in [0.717, 1.165) is 0 Å². The minimum Gasteiger partial charge on any atom is -0.468 e. The van der Waals surface area contributed by atoms with Crippen LogP contribution >= 0.6 is 15.9 Å². The molecule has 112 valence electrons. The van der Waals surface area contributed by atoms with E-state index in [1.165, 1.54) is 7.11 Å². The van der Waals surface area contributed by atoms with Crippen molar-refractivity contribution >= 4 is 41.8 Å². The molecule has 0 radical (unpaired) electrons. The molecule has 0 saturated carbocycles. The molecule has 1 N–H and O–H groups in total. The van der Waals surface area contributed by atoms with Gasteiger partial charge in [-0.15, -0.1) is 0 Å². The maximum Gasteiger partial charge on any atom is 0.320 e. The Morgan fingerprint density at radius 2 is 1.95 bits per heavy atom. The highest BCUT2D eigenvalue weighted by Gasteiger charge is 2.33. The van der Waals surface area contributed by atoms with Gasteiger partial charge in [-0.3, -0.25) is 4.79 Å². The lowest BCUT2D eigenvalue weighted by molar-refractivity contribution is -0.139. The Balaban J connectivity index is 2.56. The number of rotatable bonds is 5. The molecule has 0 amide bonds. The maximum atomic E-state index is 11.9. The third kappa shape index (κ3) is 5.01. The van der Waals surface area contributed by atoms with E-state index in [-0.39, 0.29) is 30.9 Å². The summed E-state index contributed by atoms with van der Waals surface area (Å²) in [5, 5.41) is -0.728. The van der Waals surface area contributed by atoms with Crippen LogP contribution in [-0.2, 0) is 29.4 Å². The molecule has 1 aliphatic rings. The van der Waals surface area contributed by atoms with Gasteiger partial charge in [-0.2, -0.15) is 0 Å². The van der Waals surface area contributed by atoms with Gasteiger partial charge in [-0.1, -0.05) is 15.9 Å². The summed E-state index contributed by atoms with van der Waals surface area (Å²) in [5.74, 6) is -0.811. The molecule has 1 fully saturated rings. The second-order valence-electron chi connectivity index (χ2n) is 4.24. The third-order valence-electron chi connectivity index (χ3n) is 2.86. The number of hydrogen-bond acceptors (Lipinski definition) is 6. The third-order valence-corrected chi connectivity index (χ3v) is 7.19. The van der Waals surface area contributed by atoms with E-state index >= 15 is 0 Å². The van der Waals surface area contributed by atoms with Crippen LogP contribution < -0.4 is 4.72 Å². The van der Waals surface area contributed by atoms with E-state index in [4.69, 9.17) is 0 Å². The lowest BCUT2D eigenvalue weighted by Gasteiger charge is -2.22. The fraction of sp³-hybridized carbons (Fsp3) is 0.889. The van der Waals surface area contributed by atoms with E-state index in [2.05, 4.69) is 25.4 Å². The van der Waals surface area contributed by atoms with E-state index in [1.54, 1.807) is 0 Å². The van der Waals surface area contributed by atoms with E-state index in [1.807, 2.05) is 0 Å². The van der Waals surface area contributed by atoms with Crippen LogP contribution in [0.5, 0.6) is 0 Å². The van der Waals surface area contributed by atoms with Crippen LogP contribution in [0.15, 0.2) is 0 Å². The second kappa shape index (κ2) is 6.51. The number of methoxy groups -OCH3 is 1. The number of hydrogen-bond donors (Lipinski definition) is 1. The highest BCUT2D eigenvalue weighted by molar-refractivity contribution is 9.10. The van der Waals surface area contributed by atoms with Crippen molar-refractivity contribution in [2.45, 2.75) is 22.9 Å².